The molecule has 1 heterocycles. The Balaban J connectivity index is 1.52. The molecule has 0 aromatic heterocycles. The van der Waals surface area contributed by atoms with Gasteiger partial charge >= 0.3 is 0 Å². The molecule has 3 rings (SSSR count). The highest BCUT2D eigenvalue weighted by molar-refractivity contribution is 5.45. The average molecular weight is 299 g/mol. The first-order valence-electron chi connectivity index (χ1n) is 7.52. The average Bonchev–Trinajstić information content (AvgIpc) is 3.03. The fourth-order valence-electron chi connectivity index (χ4n) is 2.53. The lowest BCUT2D eigenvalue weighted by Gasteiger charge is -2.15. The summed E-state index contributed by atoms with van der Waals surface area (Å²) >= 11 is 0. The number of hydrogen-bond acceptors (Lipinski definition) is 4. The van der Waals surface area contributed by atoms with Crippen LogP contribution in [0.5, 0.6) is 17.2 Å². The molecular formula is C18H21NO3. The van der Waals surface area contributed by atoms with E-state index in [9.17, 15) is 0 Å². The maximum atomic E-state index is 5.42. The third kappa shape index (κ3) is 3.34. The minimum Gasteiger partial charge on any atom is -0.497 e. The van der Waals surface area contributed by atoms with E-state index < -0.39 is 0 Å². The lowest BCUT2D eigenvalue weighted by molar-refractivity contribution is 0.174. The number of rotatable bonds is 6. The molecule has 116 valence electrons. The number of ether oxygens (including phenoxy) is 3. The van der Waals surface area contributed by atoms with Crippen LogP contribution in [0.25, 0.3) is 0 Å². The molecule has 4 nitrogen and oxygen atoms in total. The predicted octanol–water partition coefficient (Wildman–Crippen LogP) is 3.32. The highest BCUT2D eigenvalue weighted by Gasteiger charge is 2.15. The summed E-state index contributed by atoms with van der Waals surface area (Å²) in [6.45, 7) is 3.39. The van der Waals surface area contributed by atoms with Crippen molar-refractivity contribution in [1.29, 1.82) is 0 Å². The van der Waals surface area contributed by atoms with Crippen molar-refractivity contribution in [3.05, 3.63) is 53.6 Å². The summed E-state index contributed by atoms with van der Waals surface area (Å²) in [6.07, 6.45) is 0.985. The second kappa shape index (κ2) is 6.71. The third-order valence-corrected chi connectivity index (χ3v) is 3.92. The number of nitrogens with one attached hydrogen (secondary N) is 1. The van der Waals surface area contributed by atoms with Gasteiger partial charge in [-0.05, 0) is 55.3 Å². The van der Waals surface area contributed by atoms with Crippen LogP contribution in [0.4, 0.5) is 0 Å². The van der Waals surface area contributed by atoms with Gasteiger partial charge in [0.25, 0.3) is 0 Å². The Morgan fingerprint density at radius 1 is 1.09 bits per heavy atom. The van der Waals surface area contributed by atoms with Crippen LogP contribution in [0.3, 0.4) is 0 Å². The van der Waals surface area contributed by atoms with Gasteiger partial charge in [0, 0.05) is 6.04 Å². The maximum absolute atomic E-state index is 5.42. The monoisotopic (exact) mass is 299 g/mol. The number of benzene rings is 2. The van der Waals surface area contributed by atoms with Crippen LogP contribution >= 0.6 is 0 Å². The normalized spacial score (nSPS) is 13.9. The summed E-state index contributed by atoms with van der Waals surface area (Å²) in [5.74, 6) is 2.56. The van der Waals surface area contributed by atoms with Crippen molar-refractivity contribution in [1.82, 2.24) is 5.32 Å². The Morgan fingerprint density at radius 2 is 1.86 bits per heavy atom. The second-order valence-electron chi connectivity index (χ2n) is 5.39. The molecule has 2 aromatic carbocycles. The van der Waals surface area contributed by atoms with Gasteiger partial charge in [0.1, 0.15) is 5.75 Å². The molecule has 1 unspecified atom stereocenters. The van der Waals surface area contributed by atoms with Crippen molar-refractivity contribution in [3.63, 3.8) is 0 Å². The molecule has 22 heavy (non-hydrogen) atoms. The van der Waals surface area contributed by atoms with Gasteiger partial charge in [-0.1, -0.05) is 18.2 Å². The Labute approximate surface area is 131 Å². The van der Waals surface area contributed by atoms with E-state index in [1.165, 1.54) is 11.1 Å². The molecule has 4 heteroatoms. The molecule has 1 N–H and O–H groups in total. The standard InChI is InChI=1S/C18H21NO3/c1-13(15-5-8-17-18(11-15)22-12-21-17)19-10-9-14-3-6-16(20-2)7-4-14/h3-8,11,13,19H,9-10,12H2,1-2H3. The lowest BCUT2D eigenvalue weighted by Crippen LogP contribution is -2.21. The van der Waals surface area contributed by atoms with Gasteiger partial charge < -0.3 is 19.5 Å². The summed E-state index contributed by atoms with van der Waals surface area (Å²) in [6, 6.07) is 14.6. The van der Waals surface area contributed by atoms with Crippen LogP contribution in [0.2, 0.25) is 0 Å². The van der Waals surface area contributed by atoms with Gasteiger partial charge in [-0.25, -0.2) is 0 Å². The molecular weight excluding hydrogens is 278 g/mol. The van der Waals surface area contributed by atoms with Gasteiger partial charge in [0.05, 0.1) is 7.11 Å². The molecule has 0 bridgehead atoms. The highest BCUT2D eigenvalue weighted by Crippen LogP contribution is 2.34. The van der Waals surface area contributed by atoms with Gasteiger partial charge in [-0.15, -0.1) is 0 Å². The molecule has 2 aromatic rings. The van der Waals surface area contributed by atoms with E-state index in [-0.39, 0.29) is 6.04 Å². The SMILES string of the molecule is COc1ccc(CCNC(C)c2ccc3c(c2)OCO3)cc1. The summed E-state index contributed by atoms with van der Waals surface area (Å²) < 4.78 is 15.9. The van der Waals surface area contributed by atoms with Gasteiger partial charge in [0.2, 0.25) is 6.79 Å². The Hall–Kier alpha value is -2.20. The van der Waals surface area contributed by atoms with E-state index in [4.69, 9.17) is 14.2 Å². The molecule has 0 fully saturated rings. The van der Waals surface area contributed by atoms with E-state index in [1.807, 2.05) is 24.3 Å². The van der Waals surface area contributed by atoms with Gasteiger partial charge in [-0.2, -0.15) is 0 Å². The largest absolute Gasteiger partial charge is 0.497 e. The second-order valence-corrected chi connectivity index (χ2v) is 5.39. The van der Waals surface area contributed by atoms with Crippen molar-refractivity contribution in [2.75, 3.05) is 20.4 Å². The molecule has 0 saturated heterocycles. The first-order valence-corrected chi connectivity index (χ1v) is 7.52. The first kappa shape index (κ1) is 14.7. The fraction of sp³-hybridized carbons (Fsp3) is 0.333. The summed E-state index contributed by atoms with van der Waals surface area (Å²) in [5, 5.41) is 3.54. The van der Waals surface area contributed by atoms with Crippen molar-refractivity contribution >= 4 is 0 Å². The van der Waals surface area contributed by atoms with Gasteiger partial charge in [-0.3, -0.25) is 0 Å². The minimum absolute atomic E-state index is 0.271. The van der Waals surface area contributed by atoms with Crippen LogP contribution in [-0.2, 0) is 6.42 Å². The number of methoxy groups -OCH3 is 1. The molecule has 0 amide bonds. The van der Waals surface area contributed by atoms with E-state index in [0.717, 1.165) is 30.2 Å². The fourth-order valence-corrected chi connectivity index (χ4v) is 2.53. The Bertz CT molecular complexity index is 625. The lowest BCUT2D eigenvalue weighted by atomic mass is 10.1. The van der Waals surface area contributed by atoms with Gasteiger partial charge in [0.15, 0.2) is 11.5 Å². The number of fused-ring (bicyclic) bond motifs is 1. The topological polar surface area (TPSA) is 39.7 Å². The van der Waals surface area contributed by atoms with E-state index >= 15 is 0 Å². The van der Waals surface area contributed by atoms with Crippen LogP contribution < -0.4 is 19.5 Å². The molecule has 1 aliphatic heterocycles. The summed E-state index contributed by atoms with van der Waals surface area (Å²) in [4.78, 5) is 0. The summed E-state index contributed by atoms with van der Waals surface area (Å²) in [7, 11) is 1.68. The zero-order valence-corrected chi connectivity index (χ0v) is 13.0. The van der Waals surface area contributed by atoms with E-state index in [1.54, 1.807) is 7.11 Å². The van der Waals surface area contributed by atoms with Crippen LogP contribution in [0, 0.1) is 0 Å². The first-order chi connectivity index (χ1) is 10.8. The quantitative estimate of drug-likeness (QED) is 0.888. The van der Waals surface area contributed by atoms with Crippen LogP contribution in [0.1, 0.15) is 24.1 Å². The smallest absolute Gasteiger partial charge is 0.231 e. The van der Waals surface area contributed by atoms with Crippen LogP contribution in [0.15, 0.2) is 42.5 Å². The highest BCUT2D eigenvalue weighted by atomic mass is 16.7. The summed E-state index contributed by atoms with van der Waals surface area (Å²) in [5.41, 5.74) is 2.50. The van der Waals surface area contributed by atoms with Crippen molar-refractivity contribution in [3.8, 4) is 17.2 Å². The minimum atomic E-state index is 0.271. The molecule has 0 saturated carbocycles. The van der Waals surface area contributed by atoms with Crippen molar-refractivity contribution in [2.24, 2.45) is 0 Å². The molecule has 0 spiro atoms. The van der Waals surface area contributed by atoms with E-state index in [2.05, 4.69) is 30.4 Å². The zero-order valence-electron chi connectivity index (χ0n) is 13.0. The predicted molar refractivity (Wildman–Crippen MR) is 85.7 cm³/mol. The van der Waals surface area contributed by atoms with E-state index in [0.29, 0.717) is 6.79 Å². The van der Waals surface area contributed by atoms with Crippen molar-refractivity contribution in [2.45, 2.75) is 19.4 Å². The van der Waals surface area contributed by atoms with Crippen molar-refractivity contribution < 1.29 is 14.2 Å². The molecule has 1 aliphatic rings. The Kier molecular flexibility index (Phi) is 4.49. The molecule has 0 aliphatic carbocycles. The molecule has 1 atom stereocenters. The maximum Gasteiger partial charge on any atom is 0.231 e. The number of hydrogen-bond donors (Lipinski definition) is 1. The van der Waals surface area contributed by atoms with Crippen LogP contribution in [-0.4, -0.2) is 20.4 Å². The third-order valence-electron chi connectivity index (χ3n) is 3.92. The Morgan fingerprint density at radius 3 is 2.64 bits per heavy atom. The molecule has 0 radical (unpaired) electrons. The zero-order chi connectivity index (χ0) is 15.4.